The van der Waals surface area contributed by atoms with Crippen LogP contribution in [0, 0.1) is 11.6 Å². The second-order valence-electron chi connectivity index (χ2n) is 9.50. The van der Waals surface area contributed by atoms with Crippen LogP contribution in [0.2, 0.25) is 0 Å². The van der Waals surface area contributed by atoms with E-state index in [1.54, 1.807) is 31.3 Å². The van der Waals surface area contributed by atoms with Crippen LogP contribution in [0.5, 0.6) is 0 Å². The molecule has 2 fully saturated rings. The van der Waals surface area contributed by atoms with Gasteiger partial charge in [-0.15, -0.1) is 0 Å². The highest BCUT2D eigenvalue weighted by molar-refractivity contribution is 5.98. The normalized spacial score (nSPS) is 17.5. The van der Waals surface area contributed by atoms with Gasteiger partial charge in [0, 0.05) is 43.8 Å². The second-order valence-corrected chi connectivity index (χ2v) is 9.50. The number of halogens is 2. The van der Waals surface area contributed by atoms with E-state index in [-0.39, 0.29) is 22.8 Å². The lowest BCUT2D eigenvalue weighted by atomic mass is 10.1. The number of nitrogens with one attached hydrogen (secondary N) is 1. The van der Waals surface area contributed by atoms with Gasteiger partial charge in [0.25, 0.3) is 5.91 Å². The fourth-order valence-electron chi connectivity index (χ4n) is 4.83. The van der Waals surface area contributed by atoms with Crippen molar-refractivity contribution in [1.29, 1.82) is 0 Å². The molecular formula is C27H30F2N4O2. The summed E-state index contributed by atoms with van der Waals surface area (Å²) >= 11 is 0. The van der Waals surface area contributed by atoms with Crippen molar-refractivity contribution in [2.75, 3.05) is 37.6 Å². The minimum atomic E-state index is -0.525. The zero-order valence-electron chi connectivity index (χ0n) is 20.1. The molecule has 8 heteroatoms. The Kier molecular flexibility index (Phi) is 6.32. The van der Waals surface area contributed by atoms with Gasteiger partial charge in [0.15, 0.2) is 0 Å². The molecule has 0 bridgehead atoms. The first-order valence-electron chi connectivity index (χ1n) is 12.3. The van der Waals surface area contributed by atoms with Crippen LogP contribution < -0.4 is 15.6 Å². The van der Waals surface area contributed by atoms with Crippen molar-refractivity contribution in [3.05, 3.63) is 75.6 Å². The number of piperazine rings is 1. The molecule has 0 spiro atoms. The molecule has 2 aromatic carbocycles. The van der Waals surface area contributed by atoms with Crippen molar-refractivity contribution in [2.45, 2.75) is 38.8 Å². The van der Waals surface area contributed by atoms with E-state index in [0.29, 0.717) is 11.2 Å². The lowest BCUT2D eigenvalue weighted by molar-refractivity contribution is 0.0938. The van der Waals surface area contributed by atoms with E-state index in [9.17, 15) is 14.0 Å². The van der Waals surface area contributed by atoms with Crippen LogP contribution in [-0.4, -0.2) is 48.1 Å². The molecule has 1 aromatic heterocycles. The maximum absolute atomic E-state index is 15.3. The smallest absolute Gasteiger partial charge is 0.257 e. The van der Waals surface area contributed by atoms with Gasteiger partial charge in [0.05, 0.1) is 17.2 Å². The van der Waals surface area contributed by atoms with E-state index in [1.165, 1.54) is 18.2 Å². The number of carbonyl (C=O) groups is 1. The molecule has 0 radical (unpaired) electrons. The average Bonchev–Trinajstić information content (AvgIpc) is 3.70. The number of pyridine rings is 1. The topological polar surface area (TPSA) is 57.6 Å². The molecule has 1 N–H and O–H groups in total. The van der Waals surface area contributed by atoms with Crippen LogP contribution in [-0.2, 0) is 0 Å². The largest absolute Gasteiger partial charge is 0.367 e. The Labute approximate surface area is 203 Å². The fraction of sp³-hybridized carbons (Fsp3) is 0.407. The number of likely N-dealkylation sites (N-methyl/N-ethyl adjacent to an activating group) is 1. The summed E-state index contributed by atoms with van der Waals surface area (Å²) in [6.45, 7) is 8.06. The van der Waals surface area contributed by atoms with Crippen molar-refractivity contribution in [3.8, 4) is 0 Å². The number of nitrogens with zero attached hydrogens (tertiary/aromatic N) is 3. The Morgan fingerprint density at radius 3 is 2.40 bits per heavy atom. The summed E-state index contributed by atoms with van der Waals surface area (Å²) in [6, 6.07) is 8.68. The SMILES string of the molecule is CCN1CCN(c2cc3c(cc2F)c(=O)c(C(=O)N[C@@H](C)c2ccc(F)cc2)cn3C2CC2)CC1. The number of amides is 1. The molecule has 184 valence electrons. The van der Waals surface area contributed by atoms with E-state index in [2.05, 4.69) is 17.1 Å². The lowest BCUT2D eigenvalue weighted by Gasteiger charge is -2.35. The molecule has 3 aromatic rings. The summed E-state index contributed by atoms with van der Waals surface area (Å²) in [5, 5.41) is 3.05. The summed E-state index contributed by atoms with van der Waals surface area (Å²) in [4.78, 5) is 30.8. The van der Waals surface area contributed by atoms with Gasteiger partial charge < -0.3 is 19.7 Å². The molecule has 35 heavy (non-hydrogen) atoms. The third-order valence-corrected chi connectivity index (χ3v) is 7.16. The Morgan fingerprint density at radius 2 is 1.77 bits per heavy atom. The predicted molar refractivity (Wildman–Crippen MR) is 133 cm³/mol. The highest BCUT2D eigenvalue weighted by Gasteiger charge is 2.29. The Hall–Kier alpha value is -3.26. The molecule has 1 atom stereocenters. The summed E-state index contributed by atoms with van der Waals surface area (Å²) in [5.74, 6) is -1.33. The van der Waals surface area contributed by atoms with Gasteiger partial charge in [0.2, 0.25) is 5.43 Å². The standard InChI is InChI=1S/C27H30F2N4O2/c1-3-31-10-12-32(13-11-31)25-15-24-21(14-23(25)29)26(34)22(16-33(24)20-8-9-20)27(35)30-17(2)18-4-6-19(28)7-5-18/h4-7,14-17,20H,3,8-13H2,1-2H3,(H,30,35)/t17-/m0/s1. The van der Waals surface area contributed by atoms with Gasteiger partial charge in [-0.1, -0.05) is 19.1 Å². The van der Waals surface area contributed by atoms with Crippen molar-refractivity contribution in [2.24, 2.45) is 0 Å². The molecule has 1 aliphatic carbocycles. The second kappa shape index (κ2) is 9.41. The zero-order chi connectivity index (χ0) is 24.7. The molecule has 0 unspecified atom stereocenters. The highest BCUT2D eigenvalue weighted by atomic mass is 19.1. The number of carbonyl (C=O) groups excluding carboxylic acids is 1. The molecule has 2 heterocycles. The van der Waals surface area contributed by atoms with E-state index >= 15 is 4.39 Å². The Morgan fingerprint density at radius 1 is 1.09 bits per heavy atom. The molecule has 6 nitrogen and oxygen atoms in total. The zero-order valence-corrected chi connectivity index (χ0v) is 20.1. The molecule has 1 saturated carbocycles. The number of aromatic nitrogens is 1. The highest BCUT2D eigenvalue weighted by Crippen LogP contribution is 2.38. The van der Waals surface area contributed by atoms with E-state index < -0.39 is 23.2 Å². The van der Waals surface area contributed by atoms with Gasteiger partial charge in [-0.05, 0) is 56.1 Å². The van der Waals surface area contributed by atoms with Crippen LogP contribution in [0.25, 0.3) is 10.9 Å². The van der Waals surface area contributed by atoms with Crippen LogP contribution in [0.3, 0.4) is 0 Å². The maximum Gasteiger partial charge on any atom is 0.257 e. The molecule has 2 aliphatic rings. The number of fused-ring (bicyclic) bond motifs is 1. The van der Waals surface area contributed by atoms with Gasteiger partial charge in [-0.2, -0.15) is 0 Å². The van der Waals surface area contributed by atoms with Crippen LogP contribution >= 0.6 is 0 Å². The third kappa shape index (κ3) is 4.67. The Balaban J connectivity index is 1.49. The first-order valence-corrected chi connectivity index (χ1v) is 12.3. The fourth-order valence-corrected chi connectivity index (χ4v) is 4.83. The minimum absolute atomic E-state index is 0.0120. The Bertz CT molecular complexity index is 1310. The first kappa shape index (κ1) is 23.5. The number of anilines is 1. The van der Waals surface area contributed by atoms with Gasteiger partial charge in [-0.25, -0.2) is 8.78 Å². The molecule has 5 rings (SSSR count). The molecular weight excluding hydrogens is 450 g/mol. The quantitative estimate of drug-likeness (QED) is 0.573. The molecule has 1 saturated heterocycles. The summed E-state index contributed by atoms with van der Waals surface area (Å²) < 4.78 is 30.5. The molecule has 1 aliphatic heterocycles. The van der Waals surface area contributed by atoms with E-state index in [4.69, 9.17) is 0 Å². The van der Waals surface area contributed by atoms with Crippen molar-refractivity contribution >= 4 is 22.5 Å². The van der Waals surface area contributed by atoms with Crippen molar-refractivity contribution in [1.82, 2.24) is 14.8 Å². The summed E-state index contributed by atoms with van der Waals surface area (Å²) in [7, 11) is 0. The monoisotopic (exact) mass is 480 g/mol. The van der Waals surface area contributed by atoms with Crippen molar-refractivity contribution in [3.63, 3.8) is 0 Å². The third-order valence-electron chi connectivity index (χ3n) is 7.16. The number of hydrogen-bond donors (Lipinski definition) is 1. The van der Waals surface area contributed by atoms with E-state index in [0.717, 1.165) is 51.1 Å². The average molecular weight is 481 g/mol. The van der Waals surface area contributed by atoms with Gasteiger partial charge in [-0.3, -0.25) is 9.59 Å². The first-order chi connectivity index (χ1) is 16.9. The minimum Gasteiger partial charge on any atom is -0.367 e. The van der Waals surface area contributed by atoms with Crippen LogP contribution in [0.1, 0.15) is 54.7 Å². The van der Waals surface area contributed by atoms with Gasteiger partial charge >= 0.3 is 0 Å². The van der Waals surface area contributed by atoms with Gasteiger partial charge in [0.1, 0.15) is 17.2 Å². The van der Waals surface area contributed by atoms with Crippen molar-refractivity contribution < 1.29 is 13.6 Å². The summed E-state index contributed by atoms with van der Waals surface area (Å²) in [5.41, 5.74) is 1.39. The predicted octanol–water partition coefficient (Wildman–Crippen LogP) is 4.25. The lowest BCUT2D eigenvalue weighted by Crippen LogP contribution is -2.46. The maximum atomic E-state index is 15.3. The van der Waals surface area contributed by atoms with Crippen LogP contribution in [0.4, 0.5) is 14.5 Å². The number of hydrogen-bond acceptors (Lipinski definition) is 4. The number of benzene rings is 2. The summed E-state index contributed by atoms with van der Waals surface area (Å²) in [6.07, 6.45) is 3.52. The van der Waals surface area contributed by atoms with Crippen LogP contribution in [0.15, 0.2) is 47.4 Å². The van der Waals surface area contributed by atoms with E-state index in [1.807, 2.05) is 9.47 Å². The molecule has 1 amide bonds. The number of rotatable bonds is 6.